The van der Waals surface area contributed by atoms with E-state index in [1.807, 2.05) is 31.2 Å². The maximum atomic E-state index is 12.8. The highest BCUT2D eigenvalue weighted by atomic mass is 35.5. The van der Waals surface area contributed by atoms with Crippen LogP contribution in [0.1, 0.15) is 30.9 Å². The number of benzene rings is 2. The van der Waals surface area contributed by atoms with Crippen molar-refractivity contribution in [3.05, 3.63) is 64.7 Å². The minimum atomic E-state index is -0.545. The molecule has 0 unspecified atom stereocenters. The molecule has 6 heteroatoms. The van der Waals surface area contributed by atoms with Crippen LogP contribution in [0.4, 0.5) is 0 Å². The maximum Gasteiger partial charge on any atom is 0.242 e. The number of carbonyl (C=O) groups is 2. The maximum absolute atomic E-state index is 12.8. The number of ether oxygens (including phenoxy) is 1. The summed E-state index contributed by atoms with van der Waals surface area (Å²) in [5.41, 5.74) is 2.15. The summed E-state index contributed by atoms with van der Waals surface area (Å²) in [7, 11) is 1.58. The number of aryl methyl sites for hydroxylation is 1. The second-order valence-corrected chi connectivity index (χ2v) is 7.14. The lowest BCUT2D eigenvalue weighted by Gasteiger charge is -2.28. The van der Waals surface area contributed by atoms with E-state index in [2.05, 4.69) is 5.32 Å². The highest BCUT2D eigenvalue weighted by molar-refractivity contribution is 6.30. The lowest BCUT2D eigenvalue weighted by Crippen LogP contribution is -2.46. The Balaban J connectivity index is 1.94. The molecule has 28 heavy (non-hydrogen) atoms. The number of rotatable bonds is 9. The van der Waals surface area contributed by atoms with Crippen LogP contribution in [0.15, 0.2) is 48.5 Å². The molecule has 150 valence electrons. The Hall–Kier alpha value is -2.53. The van der Waals surface area contributed by atoms with Gasteiger partial charge in [0.25, 0.3) is 0 Å². The molecule has 0 radical (unpaired) electrons. The zero-order valence-corrected chi connectivity index (χ0v) is 17.3. The number of likely N-dealkylation sites (N-methyl/N-ethyl adjacent to an activating group) is 1. The van der Waals surface area contributed by atoms with E-state index in [0.29, 0.717) is 36.8 Å². The number of nitrogens with zero attached hydrogens (tertiary/aromatic N) is 1. The molecule has 0 saturated heterocycles. The monoisotopic (exact) mass is 402 g/mol. The Kier molecular flexibility index (Phi) is 8.33. The van der Waals surface area contributed by atoms with E-state index in [-0.39, 0.29) is 11.8 Å². The van der Waals surface area contributed by atoms with Gasteiger partial charge in [-0.1, -0.05) is 41.4 Å². The van der Waals surface area contributed by atoms with E-state index in [0.717, 1.165) is 11.1 Å². The number of carbonyl (C=O) groups excluding carboxylic acids is 2. The summed E-state index contributed by atoms with van der Waals surface area (Å²) in [5.74, 6) is 0.460. The predicted octanol–water partition coefficient (Wildman–Crippen LogP) is 3.97. The lowest BCUT2D eigenvalue weighted by molar-refractivity contribution is -0.140. The van der Waals surface area contributed by atoms with Gasteiger partial charge < -0.3 is 15.0 Å². The highest BCUT2D eigenvalue weighted by Crippen LogP contribution is 2.16. The van der Waals surface area contributed by atoms with E-state index >= 15 is 0 Å². The van der Waals surface area contributed by atoms with Gasteiger partial charge in [-0.05, 0) is 50.1 Å². The molecule has 2 aromatic rings. The Labute approximate surface area is 171 Å². The molecule has 1 atom stereocenters. The van der Waals surface area contributed by atoms with E-state index in [9.17, 15) is 9.59 Å². The normalized spacial score (nSPS) is 11.6. The summed E-state index contributed by atoms with van der Waals surface area (Å²) in [6.45, 7) is 4.57. The molecule has 0 fully saturated rings. The number of halogens is 1. The van der Waals surface area contributed by atoms with E-state index in [1.165, 1.54) is 0 Å². The van der Waals surface area contributed by atoms with Crippen LogP contribution in [0.2, 0.25) is 5.02 Å². The van der Waals surface area contributed by atoms with Crippen LogP contribution in [0, 0.1) is 6.92 Å². The number of hydrogen-bond donors (Lipinski definition) is 1. The van der Waals surface area contributed by atoms with Crippen LogP contribution < -0.4 is 10.1 Å². The van der Waals surface area contributed by atoms with Crippen molar-refractivity contribution in [3.8, 4) is 5.75 Å². The molecule has 0 spiro atoms. The predicted molar refractivity (Wildman–Crippen MR) is 111 cm³/mol. The summed E-state index contributed by atoms with van der Waals surface area (Å²) < 4.78 is 5.64. The Bertz CT molecular complexity index is 775. The van der Waals surface area contributed by atoms with Crippen molar-refractivity contribution < 1.29 is 14.3 Å². The summed E-state index contributed by atoms with van der Waals surface area (Å²) >= 11 is 5.85. The standard InChI is InChI=1S/C22H27ClN2O3/c1-16-6-8-18(9-7-16)15-25(17(2)22(27)24-3)21(26)5-4-14-28-20-12-10-19(23)11-13-20/h6-13,17H,4-5,14-15H2,1-3H3,(H,24,27)/t17-/m1/s1. The van der Waals surface area contributed by atoms with Gasteiger partial charge in [-0.3, -0.25) is 9.59 Å². The van der Waals surface area contributed by atoms with E-state index < -0.39 is 6.04 Å². The van der Waals surface area contributed by atoms with Crippen LogP contribution >= 0.6 is 11.6 Å². The van der Waals surface area contributed by atoms with Crippen LogP contribution in [0.5, 0.6) is 5.75 Å². The minimum Gasteiger partial charge on any atom is -0.494 e. The topological polar surface area (TPSA) is 58.6 Å². The summed E-state index contributed by atoms with van der Waals surface area (Å²) in [6.07, 6.45) is 0.868. The summed E-state index contributed by atoms with van der Waals surface area (Å²) in [5, 5.41) is 3.27. The molecule has 0 heterocycles. The van der Waals surface area contributed by atoms with Crippen LogP contribution in [-0.2, 0) is 16.1 Å². The van der Waals surface area contributed by atoms with Crippen molar-refractivity contribution in [3.63, 3.8) is 0 Å². The van der Waals surface area contributed by atoms with Gasteiger partial charge in [-0.2, -0.15) is 0 Å². The Morgan fingerprint density at radius 1 is 1.11 bits per heavy atom. The van der Waals surface area contributed by atoms with Crippen molar-refractivity contribution >= 4 is 23.4 Å². The van der Waals surface area contributed by atoms with Gasteiger partial charge in [0.1, 0.15) is 11.8 Å². The van der Waals surface area contributed by atoms with Gasteiger partial charge in [0.15, 0.2) is 0 Å². The quantitative estimate of drug-likeness (QED) is 0.645. The fourth-order valence-electron chi connectivity index (χ4n) is 2.77. The first-order valence-electron chi connectivity index (χ1n) is 9.35. The Morgan fingerprint density at radius 2 is 1.75 bits per heavy atom. The molecule has 2 amide bonds. The van der Waals surface area contributed by atoms with Crippen LogP contribution in [-0.4, -0.2) is 36.4 Å². The largest absolute Gasteiger partial charge is 0.494 e. The molecule has 0 aliphatic rings. The van der Waals surface area contributed by atoms with Crippen molar-refractivity contribution in [2.75, 3.05) is 13.7 Å². The molecule has 0 aromatic heterocycles. The van der Waals surface area contributed by atoms with Crippen LogP contribution in [0.25, 0.3) is 0 Å². The molecular formula is C22H27ClN2O3. The van der Waals surface area contributed by atoms with Crippen molar-refractivity contribution in [1.82, 2.24) is 10.2 Å². The zero-order chi connectivity index (χ0) is 20.5. The van der Waals surface area contributed by atoms with Crippen molar-refractivity contribution in [2.24, 2.45) is 0 Å². The van der Waals surface area contributed by atoms with Crippen molar-refractivity contribution in [2.45, 2.75) is 39.3 Å². The molecule has 0 bridgehead atoms. The first kappa shape index (κ1) is 21.8. The number of nitrogens with one attached hydrogen (secondary N) is 1. The molecule has 2 rings (SSSR count). The first-order valence-corrected chi connectivity index (χ1v) is 9.73. The van der Waals surface area contributed by atoms with E-state index in [1.54, 1.807) is 43.1 Å². The van der Waals surface area contributed by atoms with Gasteiger partial charge in [0, 0.05) is 25.0 Å². The van der Waals surface area contributed by atoms with Crippen molar-refractivity contribution in [1.29, 1.82) is 0 Å². The molecule has 0 aliphatic carbocycles. The van der Waals surface area contributed by atoms with Gasteiger partial charge in [0.2, 0.25) is 11.8 Å². The fourth-order valence-corrected chi connectivity index (χ4v) is 2.90. The van der Waals surface area contributed by atoms with Gasteiger partial charge in [-0.15, -0.1) is 0 Å². The third-order valence-corrected chi connectivity index (χ3v) is 4.76. The molecule has 1 N–H and O–H groups in total. The number of hydrogen-bond acceptors (Lipinski definition) is 3. The summed E-state index contributed by atoms with van der Waals surface area (Å²) in [4.78, 5) is 26.5. The lowest BCUT2D eigenvalue weighted by atomic mass is 10.1. The Morgan fingerprint density at radius 3 is 2.36 bits per heavy atom. The highest BCUT2D eigenvalue weighted by Gasteiger charge is 2.25. The second-order valence-electron chi connectivity index (χ2n) is 6.70. The molecule has 2 aromatic carbocycles. The fraction of sp³-hybridized carbons (Fsp3) is 0.364. The first-order chi connectivity index (χ1) is 13.4. The molecule has 5 nitrogen and oxygen atoms in total. The minimum absolute atomic E-state index is 0.0728. The smallest absolute Gasteiger partial charge is 0.242 e. The molecular weight excluding hydrogens is 376 g/mol. The van der Waals surface area contributed by atoms with Gasteiger partial charge >= 0.3 is 0 Å². The molecule has 0 aliphatic heterocycles. The average molecular weight is 403 g/mol. The van der Waals surface area contributed by atoms with Crippen LogP contribution in [0.3, 0.4) is 0 Å². The third-order valence-electron chi connectivity index (χ3n) is 4.50. The van der Waals surface area contributed by atoms with Gasteiger partial charge in [-0.25, -0.2) is 0 Å². The van der Waals surface area contributed by atoms with E-state index in [4.69, 9.17) is 16.3 Å². The SMILES string of the molecule is CNC(=O)[C@@H](C)N(Cc1ccc(C)cc1)C(=O)CCCOc1ccc(Cl)cc1. The summed E-state index contributed by atoms with van der Waals surface area (Å²) in [6, 6.07) is 14.5. The van der Waals surface area contributed by atoms with Gasteiger partial charge in [0.05, 0.1) is 6.61 Å². The second kappa shape index (κ2) is 10.7. The third kappa shape index (κ3) is 6.57. The molecule has 0 saturated carbocycles. The zero-order valence-electron chi connectivity index (χ0n) is 16.6. The average Bonchev–Trinajstić information content (AvgIpc) is 2.70. The number of amides is 2.